The van der Waals surface area contributed by atoms with Gasteiger partial charge in [-0.05, 0) is 48.8 Å². The Labute approximate surface area is 131 Å². The third-order valence-corrected chi connectivity index (χ3v) is 5.65. The molecule has 2 rings (SSSR count). The second-order valence-electron chi connectivity index (χ2n) is 5.65. The van der Waals surface area contributed by atoms with Crippen LogP contribution in [-0.2, 0) is 21.2 Å². The van der Waals surface area contributed by atoms with Crippen molar-refractivity contribution in [3.63, 3.8) is 0 Å². The van der Waals surface area contributed by atoms with Crippen LogP contribution < -0.4 is 4.72 Å². The number of sulfonamides is 1. The molecule has 0 aliphatic heterocycles. The van der Waals surface area contributed by atoms with E-state index >= 15 is 0 Å². The summed E-state index contributed by atoms with van der Waals surface area (Å²) in [5.74, 6) is 0.534. The number of nitrogens with one attached hydrogen (secondary N) is 1. The van der Waals surface area contributed by atoms with Gasteiger partial charge in [0.1, 0.15) is 0 Å². The van der Waals surface area contributed by atoms with Crippen LogP contribution in [0.1, 0.15) is 24.8 Å². The molecule has 0 atom stereocenters. The quantitative estimate of drug-likeness (QED) is 0.707. The molecule has 1 aliphatic rings. The van der Waals surface area contributed by atoms with E-state index in [4.69, 9.17) is 16.3 Å². The highest BCUT2D eigenvalue weighted by Gasteiger charge is 2.42. The van der Waals surface area contributed by atoms with E-state index in [0.29, 0.717) is 23.9 Å². The molecule has 0 amide bonds. The predicted molar refractivity (Wildman–Crippen MR) is 84.2 cm³/mol. The van der Waals surface area contributed by atoms with Crippen molar-refractivity contribution in [1.29, 1.82) is 0 Å². The number of methoxy groups -OCH3 is 1. The molecule has 0 saturated heterocycles. The Balaban J connectivity index is 1.95. The lowest BCUT2D eigenvalue weighted by Gasteiger charge is -2.15. The Morgan fingerprint density at radius 2 is 1.95 bits per heavy atom. The molecule has 0 heterocycles. The fraction of sp³-hybridized carbons (Fsp3) is 0.600. The summed E-state index contributed by atoms with van der Waals surface area (Å²) in [6.45, 7) is 1.16. The van der Waals surface area contributed by atoms with Crippen molar-refractivity contribution in [1.82, 2.24) is 4.72 Å². The summed E-state index contributed by atoms with van der Waals surface area (Å²) in [6.07, 6.45) is 3.78. The van der Waals surface area contributed by atoms with Gasteiger partial charge in [-0.2, -0.15) is 0 Å². The monoisotopic (exact) mass is 331 g/mol. The van der Waals surface area contributed by atoms with Gasteiger partial charge in [-0.3, -0.25) is 0 Å². The molecule has 4 nitrogen and oxygen atoms in total. The fourth-order valence-corrected chi connectivity index (χ4v) is 3.66. The first-order valence-electron chi connectivity index (χ1n) is 7.15. The van der Waals surface area contributed by atoms with Gasteiger partial charge in [0.05, 0.1) is 4.90 Å². The maximum atomic E-state index is 12.3. The average Bonchev–Trinajstić information content (AvgIpc) is 3.25. The van der Waals surface area contributed by atoms with E-state index < -0.39 is 10.0 Å². The molecular formula is C15H22ClNO3S. The Morgan fingerprint density at radius 3 is 2.48 bits per heavy atom. The van der Waals surface area contributed by atoms with Crippen LogP contribution in [0.25, 0.3) is 0 Å². The average molecular weight is 332 g/mol. The van der Waals surface area contributed by atoms with Gasteiger partial charge in [0.15, 0.2) is 0 Å². The van der Waals surface area contributed by atoms with Crippen molar-refractivity contribution in [3.8, 4) is 0 Å². The number of hydrogen-bond donors (Lipinski definition) is 1. The standard InChI is InChI=1S/C15H22ClNO3S/c1-20-11-9-15(7-8-15)12-17-21(18,19)14-4-2-13(3-5-14)6-10-16/h2-5,17H,6-12H2,1H3. The van der Waals surface area contributed by atoms with Crippen molar-refractivity contribution in [2.45, 2.75) is 30.6 Å². The maximum Gasteiger partial charge on any atom is 0.240 e. The minimum atomic E-state index is -3.43. The van der Waals surface area contributed by atoms with Gasteiger partial charge in [0.2, 0.25) is 10.0 Å². The molecule has 0 radical (unpaired) electrons. The van der Waals surface area contributed by atoms with E-state index in [2.05, 4.69) is 4.72 Å². The maximum absolute atomic E-state index is 12.3. The lowest BCUT2D eigenvalue weighted by Crippen LogP contribution is -2.30. The SMILES string of the molecule is COCCC1(CNS(=O)(=O)c2ccc(CCCl)cc2)CC1. The Hall–Kier alpha value is -0.620. The summed E-state index contributed by atoms with van der Waals surface area (Å²) in [5, 5.41) is 0. The van der Waals surface area contributed by atoms with E-state index in [-0.39, 0.29) is 5.41 Å². The van der Waals surface area contributed by atoms with Crippen LogP contribution >= 0.6 is 11.6 Å². The Bertz CT molecular complexity index is 553. The van der Waals surface area contributed by atoms with Crippen LogP contribution in [0.3, 0.4) is 0 Å². The topological polar surface area (TPSA) is 55.4 Å². The largest absolute Gasteiger partial charge is 0.385 e. The number of alkyl halides is 1. The lowest BCUT2D eigenvalue weighted by molar-refractivity contribution is 0.173. The molecule has 1 fully saturated rings. The first-order chi connectivity index (χ1) is 10.0. The fourth-order valence-electron chi connectivity index (χ4n) is 2.29. The summed E-state index contributed by atoms with van der Waals surface area (Å²) < 4.78 is 32.4. The molecule has 0 aromatic heterocycles. The lowest BCUT2D eigenvalue weighted by atomic mass is 10.0. The highest BCUT2D eigenvalue weighted by molar-refractivity contribution is 7.89. The van der Waals surface area contributed by atoms with Crippen molar-refractivity contribution < 1.29 is 13.2 Å². The highest BCUT2D eigenvalue weighted by Crippen LogP contribution is 2.48. The Kier molecular flexibility index (Phi) is 5.66. The Morgan fingerprint density at radius 1 is 1.29 bits per heavy atom. The van der Waals surface area contributed by atoms with Crippen LogP contribution in [0.2, 0.25) is 0 Å². The molecular weight excluding hydrogens is 310 g/mol. The van der Waals surface area contributed by atoms with Crippen LogP contribution in [0.15, 0.2) is 29.2 Å². The summed E-state index contributed by atoms with van der Waals surface area (Å²) in [6, 6.07) is 6.90. The van der Waals surface area contributed by atoms with Gasteiger partial charge >= 0.3 is 0 Å². The number of rotatable bonds is 9. The van der Waals surface area contributed by atoms with E-state index in [1.165, 1.54) is 0 Å². The second-order valence-corrected chi connectivity index (χ2v) is 7.80. The molecule has 21 heavy (non-hydrogen) atoms. The summed E-state index contributed by atoms with van der Waals surface area (Å²) in [4.78, 5) is 0.309. The van der Waals surface area contributed by atoms with Gasteiger partial charge < -0.3 is 4.74 Å². The normalized spacial score (nSPS) is 16.9. The third-order valence-electron chi connectivity index (χ3n) is 4.05. The molecule has 1 aliphatic carbocycles. The molecule has 118 valence electrons. The third kappa shape index (κ3) is 4.68. The zero-order chi connectivity index (χ0) is 15.3. The van der Waals surface area contributed by atoms with Crippen molar-refractivity contribution >= 4 is 21.6 Å². The molecule has 0 unspecified atom stereocenters. The molecule has 1 N–H and O–H groups in total. The molecule has 1 aromatic rings. The zero-order valence-corrected chi connectivity index (χ0v) is 13.8. The predicted octanol–water partition coefficient (Wildman–Crippen LogP) is 2.56. The van der Waals surface area contributed by atoms with Crippen LogP contribution in [0, 0.1) is 5.41 Å². The van der Waals surface area contributed by atoms with Crippen molar-refractivity contribution in [3.05, 3.63) is 29.8 Å². The number of benzene rings is 1. The van der Waals surface area contributed by atoms with Crippen LogP contribution in [0.5, 0.6) is 0 Å². The molecule has 0 spiro atoms. The van der Waals surface area contributed by atoms with Gasteiger partial charge in [0, 0.05) is 26.1 Å². The second kappa shape index (κ2) is 7.09. The number of ether oxygens (including phenoxy) is 1. The van der Waals surface area contributed by atoms with E-state index in [0.717, 1.165) is 31.2 Å². The first-order valence-corrected chi connectivity index (χ1v) is 9.17. The summed E-state index contributed by atoms with van der Waals surface area (Å²) in [7, 11) is -1.76. The van der Waals surface area contributed by atoms with Gasteiger partial charge in [-0.1, -0.05) is 12.1 Å². The minimum Gasteiger partial charge on any atom is -0.385 e. The summed E-state index contributed by atoms with van der Waals surface area (Å²) in [5.41, 5.74) is 1.14. The van der Waals surface area contributed by atoms with Gasteiger partial charge in [0.25, 0.3) is 0 Å². The zero-order valence-electron chi connectivity index (χ0n) is 12.3. The molecule has 1 saturated carbocycles. The van der Waals surface area contributed by atoms with Crippen molar-refractivity contribution in [2.75, 3.05) is 26.1 Å². The minimum absolute atomic E-state index is 0.0989. The molecule has 6 heteroatoms. The van der Waals surface area contributed by atoms with E-state index in [1.54, 1.807) is 19.2 Å². The van der Waals surface area contributed by atoms with E-state index in [1.807, 2.05) is 12.1 Å². The molecule has 0 bridgehead atoms. The summed E-state index contributed by atoms with van der Waals surface area (Å²) >= 11 is 5.67. The number of aryl methyl sites for hydroxylation is 1. The van der Waals surface area contributed by atoms with Gasteiger partial charge in [-0.25, -0.2) is 13.1 Å². The first kappa shape index (κ1) is 16.7. The number of halogens is 1. The highest BCUT2D eigenvalue weighted by atomic mass is 35.5. The smallest absolute Gasteiger partial charge is 0.240 e. The van der Waals surface area contributed by atoms with Crippen molar-refractivity contribution in [2.24, 2.45) is 5.41 Å². The van der Waals surface area contributed by atoms with Crippen LogP contribution in [-0.4, -0.2) is 34.6 Å². The number of hydrogen-bond acceptors (Lipinski definition) is 3. The molecule has 1 aromatic carbocycles. The van der Waals surface area contributed by atoms with Crippen LogP contribution in [0.4, 0.5) is 0 Å². The van der Waals surface area contributed by atoms with E-state index in [9.17, 15) is 8.42 Å². The van der Waals surface area contributed by atoms with Gasteiger partial charge in [-0.15, -0.1) is 11.6 Å².